The van der Waals surface area contributed by atoms with Gasteiger partial charge in [0.25, 0.3) is 0 Å². The summed E-state index contributed by atoms with van der Waals surface area (Å²) in [5, 5.41) is 5.37. The van der Waals surface area contributed by atoms with E-state index in [1.165, 1.54) is 25.6 Å². The van der Waals surface area contributed by atoms with E-state index in [1.807, 2.05) is 0 Å². The summed E-state index contributed by atoms with van der Waals surface area (Å²) in [5.74, 6) is 0.237. The lowest BCUT2D eigenvalue weighted by molar-refractivity contribution is 0.400. The molecule has 3 N–H and O–H groups in total. The molecule has 0 spiro atoms. The fraction of sp³-hybridized carbons (Fsp3) is 0.273. The largest absolute Gasteiger partial charge is 0.480 e. The fourth-order valence-corrected chi connectivity index (χ4v) is 4.16. The Labute approximate surface area is 137 Å². The Hall–Kier alpha value is -0.970. The summed E-state index contributed by atoms with van der Waals surface area (Å²) in [6.07, 6.45) is 4.04. The zero-order chi connectivity index (χ0) is 15.8. The standard InChI is InChI=1S/C11H11Br2N3O4S/c1-20-10-7(12)2-11(5-16-10,21(14,18)19)6-3-15-4-8(13)9(6)17/h2-4H,5H2,1H3,(H,15,17)(H2,14,18,19). The van der Waals surface area contributed by atoms with E-state index < -0.39 is 20.2 Å². The van der Waals surface area contributed by atoms with Gasteiger partial charge in [-0.1, -0.05) is 0 Å². The van der Waals surface area contributed by atoms with Crippen LogP contribution in [-0.4, -0.2) is 33.0 Å². The molecular formula is C11H11Br2N3O4S. The van der Waals surface area contributed by atoms with Gasteiger partial charge in [0.1, 0.15) is 0 Å². The molecule has 1 aromatic heterocycles. The molecule has 2 heterocycles. The van der Waals surface area contributed by atoms with Crippen LogP contribution in [0.4, 0.5) is 0 Å². The smallest absolute Gasteiger partial charge is 0.224 e. The number of hydrogen-bond acceptors (Lipinski definition) is 5. The number of methoxy groups -OCH3 is 1. The van der Waals surface area contributed by atoms with Gasteiger partial charge >= 0.3 is 0 Å². The molecule has 1 aliphatic heterocycles. The molecule has 1 atom stereocenters. The Morgan fingerprint density at radius 1 is 1.43 bits per heavy atom. The van der Waals surface area contributed by atoms with Crippen molar-refractivity contribution >= 4 is 47.8 Å². The van der Waals surface area contributed by atoms with Gasteiger partial charge in [0, 0.05) is 18.0 Å². The quantitative estimate of drug-likeness (QED) is 0.712. The molecule has 1 aliphatic rings. The van der Waals surface area contributed by atoms with E-state index >= 15 is 0 Å². The number of primary sulfonamides is 1. The molecule has 1 unspecified atom stereocenters. The zero-order valence-electron chi connectivity index (χ0n) is 10.8. The summed E-state index contributed by atoms with van der Waals surface area (Å²) in [6.45, 7) is -0.246. The van der Waals surface area contributed by atoms with Crippen molar-refractivity contribution in [3.63, 3.8) is 0 Å². The van der Waals surface area contributed by atoms with Gasteiger partial charge in [-0.15, -0.1) is 0 Å². The topological polar surface area (TPSA) is 115 Å². The predicted molar refractivity (Wildman–Crippen MR) is 85.9 cm³/mol. The number of ether oxygens (including phenoxy) is 1. The minimum Gasteiger partial charge on any atom is -0.480 e. The molecule has 0 saturated carbocycles. The van der Waals surface area contributed by atoms with Crippen molar-refractivity contribution in [1.82, 2.24) is 4.98 Å². The van der Waals surface area contributed by atoms with Crippen LogP contribution in [-0.2, 0) is 19.5 Å². The summed E-state index contributed by atoms with van der Waals surface area (Å²) in [6, 6.07) is 0. The number of aliphatic imine (C=N–C) groups is 1. The van der Waals surface area contributed by atoms with E-state index in [0.717, 1.165) is 0 Å². The van der Waals surface area contributed by atoms with Crippen LogP contribution < -0.4 is 10.6 Å². The minimum absolute atomic E-state index is 0.0183. The first-order chi connectivity index (χ1) is 9.73. The molecule has 2 rings (SSSR count). The average molecular weight is 441 g/mol. The Kier molecular flexibility index (Phi) is 4.43. The van der Waals surface area contributed by atoms with Crippen LogP contribution in [0.5, 0.6) is 0 Å². The van der Waals surface area contributed by atoms with E-state index in [4.69, 9.17) is 9.88 Å². The number of pyridine rings is 1. The van der Waals surface area contributed by atoms with Gasteiger partial charge in [-0.2, -0.15) is 0 Å². The van der Waals surface area contributed by atoms with Crippen LogP contribution in [0.2, 0.25) is 0 Å². The zero-order valence-corrected chi connectivity index (χ0v) is 14.7. The molecule has 21 heavy (non-hydrogen) atoms. The summed E-state index contributed by atoms with van der Waals surface area (Å²) >= 11 is 6.26. The summed E-state index contributed by atoms with van der Waals surface area (Å²) in [5.41, 5.74) is -0.495. The maximum Gasteiger partial charge on any atom is 0.224 e. The van der Waals surface area contributed by atoms with E-state index in [1.54, 1.807) is 0 Å². The third-order valence-electron chi connectivity index (χ3n) is 3.08. The third kappa shape index (κ3) is 2.72. The molecule has 0 fully saturated rings. The Morgan fingerprint density at radius 3 is 2.62 bits per heavy atom. The van der Waals surface area contributed by atoms with Crippen LogP contribution >= 0.6 is 31.9 Å². The second-order valence-electron chi connectivity index (χ2n) is 4.30. The second-order valence-corrected chi connectivity index (χ2v) is 7.83. The molecule has 10 heteroatoms. The molecule has 0 saturated heterocycles. The number of H-pyrrole nitrogens is 1. The Balaban J connectivity index is 2.77. The first-order valence-corrected chi connectivity index (χ1v) is 8.73. The number of nitrogens with one attached hydrogen (secondary N) is 1. The molecule has 114 valence electrons. The van der Waals surface area contributed by atoms with E-state index in [-0.39, 0.29) is 22.5 Å². The SMILES string of the molecule is COC1=NCC(c2c[nH]cc(Br)c2=O)(S(N)(=O)=O)C=C1Br. The van der Waals surface area contributed by atoms with Gasteiger partial charge in [0.15, 0.2) is 4.75 Å². The number of halogens is 2. The van der Waals surface area contributed by atoms with Gasteiger partial charge in [-0.05, 0) is 37.9 Å². The number of aromatic nitrogens is 1. The molecule has 0 aromatic carbocycles. The molecule has 0 radical (unpaired) electrons. The summed E-state index contributed by atoms with van der Waals surface area (Å²) < 4.78 is 28.1. The highest BCUT2D eigenvalue weighted by Crippen LogP contribution is 2.35. The Morgan fingerprint density at radius 2 is 2.10 bits per heavy atom. The second kappa shape index (κ2) is 5.67. The van der Waals surface area contributed by atoms with Crippen molar-refractivity contribution in [3.05, 3.63) is 43.2 Å². The number of aromatic amines is 1. The maximum absolute atomic E-state index is 12.3. The number of nitrogens with zero attached hydrogens (tertiary/aromatic N) is 1. The van der Waals surface area contributed by atoms with Gasteiger partial charge in [0.2, 0.25) is 21.3 Å². The molecule has 7 nitrogen and oxygen atoms in total. The van der Waals surface area contributed by atoms with Crippen LogP contribution in [0, 0.1) is 0 Å². The van der Waals surface area contributed by atoms with Crippen molar-refractivity contribution < 1.29 is 13.2 Å². The highest BCUT2D eigenvalue weighted by atomic mass is 79.9. The number of nitrogens with two attached hydrogens (primary N) is 1. The highest BCUT2D eigenvalue weighted by molar-refractivity contribution is 9.12. The van der Waals surface area contributed by atoms with Gasteiger partial charge < -0.3 is 9.72 Å². The van der Waals surface area contributed by atoms with Gasteiger partial charge in [0.05, 0.1) is 22.6 Å². The number of rotatable bonds is 2. The molecular weight excluding hydrogens is 430 g/mol. The molecule has 0 bridgehead atoms. The van der Waals surface area contributed by atoms with Crippen molar-refractivity contribution in [2.24, 2.45) is 10.1 Å². The molecule has 0 amide bonds. The average Bonchev–Trinajstić information content (AvgIpc) is 2.40. The van der Waals surface area contributed by atoms with Gasteiger partial charge in [-0.25, -0.2) is 18.5 Å². The van der Waals surface area contributed by atoms with Crippen molar-refractivity contribution in [1.29, 1.82) is 0 Å². The number of hydrogen-bond donors (Lipinski definition) is 2. The highest BCUT2D eigenvalue weighted by Gasteiger charge is 2.46. The van der Waals surface area contributed by atoms with E-state index in [0.29, 0.717) is 4.48 Å². The van der Waals surface area contributed by atoms with Crippen LogP contribution in [0.15, 0.2) is 37.2 Å². The lowest BCUT2D eigenvalue weighted by Crippen LogP contribution is -2.47. The third-order valence-corrected chi connectivity index (χ3v) is 5.72. The van der Waals surface area contributed by atoms with Crippen molar-refractivity contribution in [3.8, 4) is 0 Å². The molecule has 0 aliphatic carbocycles. The first-order valence-electron chi connectivity index (χ1n) is 5.59. The number of sulfonamides is 1. The predicted octanol–water partition coefficient (Wildman–Crippen LogP) is 0.958. The normalized spacial score (nSPS) is 22.5. The van der Waals surface area contributed by atoms with E-state index in [2.05, 4.69) is 41.8 Å². The summed E-state index contributed by atoms with van der Waals surface area (Å²) in [7, 11) is -2.75. The fourth-order valence-electron chi connectivity index (χ4n) is 2.00. The first kappa shape index (κ1) is 16.4. The lowest BCUT2D eigenvalue weighted by atomic mass is 9.97. The monoisotopic (exact) mass is 439 g/mol. The van der Waals surface area contributed by atoms with Crippen LogP contribution in [0.1, 0.15) is 5.56 Å². The molecule has 1 aromatic rings. The van der Waals surface area contributed by atoms with E-state index in [9.17, 15) is 13.2 Å². The minimum atomic E-state index is -4.15. The van der Waals surface area contributed by atoms with Crippen molar-refractivity contribution in [2.45, 2.75) is 4.75 Å². The van der Waals surface area contributed by atoms with Gasteiger partial charge in [-0.3, -0.25) is 4.79 Å². The van der Waals surface area contributed by atoms with Crippen molar-refractivity contribution in [2.75, 3.05) is 13.7 Å². The summed E-state index contributed by atoms with van der Waals surface area (Å²) in [4.78, 5) is 19.0. The number of dihydropyridines is 1. The van der Waals surface area contributed by atoms with Crippen LogP contribution in [0.3, 0.4) is 0 Å². The lowest BCUT2D eigenvalue weighted by Gasteiger charge is -2.29. The van der Waals surface area contributed by atoms with Crippen LogP contribution in [0.25, 0.3) is 0 Å². The Bertz CT molecular complexity index is 800. The maximum atomic E-state index is 12.3.